The SMILES string of the molecule is CCNCC1CCN(CCC(C)O)CC1. The molecule has 3 heteroatoms. The Morgan fingerprint density at radius 2 is 2.07 bits per heavy atom. The average Bonchev–Trinajstić information content (AvgIpc) is 2.25. The zero-order valence-electron chi connectivity index (χ0n) is 10.2. The standard InChI is InChI=1S/C12H26N2O/c1-3-13-10-12-5-8-14(9-6-12)7-4-11(2)15/h11-13,15H,3-10H2,1-2H3. The summed E-state index contributed by atoms with van der Waals surface area (Å²) < 4.78 is 0. The molecule has 1 aliphatic rings. The van der Waals surface area contributed by atoms with E-state index in [-0.39, 0.29) is 6.10 Å². The van der Waals surface area contributed by atoms with Crippen LogP contribution in [0, 0.1) is 5.92 Å². The van der Waals surface area contributed by atoms with Crippen LogP contribution in [0.3, 0.4) is 0 Å². The molecule has 0 radical (unpaired) electrons. The van der Waals surface area contributed by atoms with Gasteiger partial charge in [-0.1, -0.05) is 6.92 Å². The first-order valence-corrected chi connectivity index (χ1v) is 6.33. The van der Waals surface area contributed by atoms with Crippen molar-refractivity contribution in [3.63, 3.8) is 0 Å². The number of piperidine rings is 1. The van der Waals surface area contributed by atoms with Crippen molar-refractivity contribution in [1.29, 1.82) is 0 Å². The molecule has 0 aromatic carbocycles. The maximum atomic E-state index is 9.21. The third-order valence-corrected chi connectivity index (χ3v) is 3.25. The minimum atomic E-state index is -0.149. The second kappa shape index (κ2) is 7.20. The summed E-state index contributed by atoms with van der Waals surface area (Å²) in [5.74, 6) is 0.868. The molecule has 0 saturated carbocycles. The monoisotopic (exact) mass is 214 g/mol. The van der Waals surface area contributed by atoms with Gasteiger partial charge in [-0.05, 0) is 58.3 Å². The topological polar surface area (TPSA) is 35.5 Å². The highest BCUT2D eigenvalue weighted by atomic mass is 16.3. The molecule has 1 atom stereocenters. The molecule has 2 N–H and O–H groups in total. The van der Waals surface area contributed by atoms with Crippen LogP contribution >= 0.6 is 0 Å². The van der Waals surface area contributed by atoms with Gasteiger partial charge in [0.25, 0.3) is 0 Å². The van der Waals surface area contributed by atoms with E-state index in [4.69, 9.17) is 0 Å². The third-order valence-electron chi connectivity index (χ3n) is 3.25. The van der Waals surface area contributed by atoms with Gasteiger partial charge in [0, 0.05) is 6.54 Å². The Hall–Kier alpha value is -0.120. The van der Waals surface area contributed by atoms with Gasteiger partial charge in [-0.25, -0.2) is 0 Å². The van der Waals surface area contributed by atoms with Crippen LogP contribution in [0.2, 0.25) is 0 Å². The fraction of sp³-hybridized carbons (Fsp3) is 1.00. The zero-order valence-corrected chi connectivity index (χ0v) is 10.2. The Bertz CT molecular complexity index is 154. The van der Waals surface area contributed by atoms with E-state index < -0.39 is 0 Å². The maximum Gasteiger partial charge on any atom is 0.0524 e. The van der Waals surface area contributed by atoms with Crippen LogP contribution in [0.5, 0.6) is 0 Å². The first-order chi connectivity index (χ1) is 7.22. The zero-order chi connectivity index (χ0) is 11.1. The van der Waals surface area contributed by atoms with Gasteiger partial charge in [0.05, 0.1) is 6.10 Å². The van der Waals surface area contributed by atoms with Crippen molar-refractivity contribution >= 4 is 0 Å². The molecule has 1 unspecified atom stereocenters. The van der Waals surface area contributed by atoms with E-state index in [0.717, 1.165) is 25.4 Å². The summed E-state index contributed by atoms with van der Waals surface area (Å²) in [6.07, 6.45) is 3.39. The molecule has 1 rings (SSSR count). The minimum absolute atomic E-state index is 0.149. The molecular weight excluding hydrogens is 188 g/mol. The first-order valence-electron chi connectivity index (χ1n) is 6.33. The number of likely N-dealkylation sites (tertiary alicyclic amines) is 1. The normalized spacial score (nSPS) is 21.8. The molecule has 0 aliphatic carbocycles. The quantitative estimate of drug-likeness (QED) is 0.694. The summed E-state index contributed by atoms with van der Waals surface area (Å²) in [6.45, 7) is 9.79. The van der Waals surface area contributed by atoms with Crippen LogP contribution in [0.15, 0.2) is 0 Å². The van der Waals surface area contributed by atoms with E-state index in [1.165, 1.54) is 32.5 Å². The van der Waals surface area contributed by atoms with E-state index in [9.17, 15) is 5.11 Å². The van der Waals surface area contributed by atoms with E-state index >= 15 is 0 Å². The van der Waals surface area contributed by atoms with Crippen molar-refractivity contribution in [3.8, 4) is 0 Å². The molecule has 3 nitrogen and oxygen atoms in total. The lowest BCUT2D eigenvalue weighted by Crippen LogP contribution is -2.38. The van der Waals surface area contributed by atoms with Crippen LogP contribution in [0.4, 0.5) is 0 Å². The molecule has 0 aromatic rings. The summed E-state index contributed by atoms with van der Waals surface area (Å²) in [7, 11) is 0. The summed E-state index contributed by atoms with van der Waals surface area (Å²) >= 11 is 0. The van der Waals surface area contributed by atoms with Gasteiger partial charge >= 0.3 is 0 Å². The maximum absolute atomic E-state index is 9.21. The average molecular weight is 214 g/mol. The summed E-state index contributed by atoms with van der Waals surface area (Å²) in [6, 6.07) is 0. The molecule has 0 aromatic heterocycles. The number of aliphatic hydroxyl groups is 1. The van der Waals surface area contributed by atoms with E-state index in [0.29, 0.717) is 0 Å². The van der Waals surface area contributed by atoms with Gasteiger partial charge in [0.2, 0.25) is 0 Å². The van der Waals surface area contributed by atoms with Crippen LogP contribution in [0.1, 0.15) is 33.1 Å². The number of nitrogens with one attached hydrogen (secondary N) is 1. The van der Waals surface area contributed by atoms with E-state index in [2.05, 4.69) is 17.1 Å². The Morgan fingerprint density at radius 1 is 1.40 bits per heavy atom. The summed E-state index contributed by atoms with van der Waals surface area (Å²) in [4.78, 5) is 2.48. The number of aliphatic hydroxyl groups excluding tert-OH is 1. The smallest absolute Gasteiger partial charge is 0.0524 e. The number of nitrogens with zero attached hydrogens (tertiary/aromatic N) is 1. The van der Waals surface area contributed by atoms with Gasteiger partial charge in [-0.15, -0.1) is 0 Å². The summed E-state index contributed by atoms with van der Waals surface area (Å²) in [5, 5.41) is 12.6. The number of rotatable bonds is 6. The molecule has 0 spiro atoms. The van der Waals surface area contributed by atoms with Crippen LogP contribution in [-0.4, -0.2) is 48.8 Å². The molecule has 15 heavy (non-hydrogen) atoms. The fourth-order valence-electron chi connectivity index (χ4n) is 2.13. The predicted molar refractivity (Wildman–Crippen MR) is 64.0 cm³/mol. The Kier molecular flexibility index (Phi) is 6.22. The van der Waals surface area contributed by atoms with Gasteiger partial charge in [0.1, 0.15) is 0 Å². The number of hydrogen-bond acceptors (Lipinski definition) is 3. The van der Waals surface area contributed by atoms with Gasteiger partial charge in [0.15, 0.2) is 0 Å². The molecule has 1 saturated heterocycles. The van der Waals surface area contributed by atoms with Crippen LogP contribution < -0.4 is 5.32 Å². The largest absolute Gasteiger partial charge is 0.393 e. The lowest BCUT2D eigenvalue weighted by molar-refractivity contribution is 0.133. The highest BCUT2D eigenvalue weighted by molar-refractivity contribution is 4.73. The lowest BCUT2D eigenvalue weighted by atomic mass is 9.96. The molecule has 1 aliphatic heterocycles. The van der Waals surface area contributed by atoms with Crippen LogP contribution in [-0.2, 0) is 0 Å². The minimum Gasteiger partial charge on any atom is -0.393 e. The first kappa shape index (κ1) is 12.9. The lowest BCUT2D eigenvalue weighted by Gasteiger charge is -2.32. The second-order valence-electron chi connectivity index (χ2n) is 4.73. The molecule has 90 valence electrons. The highest BCUT2D eigenvalue weighted by Crippen LogP contribution is 2.16. The van der Waals surface area contributed by atoms with E-state index in [1.54, 1.807) is 0 Å². The second-order valence-corrected chi connectivity index (χ2v) is 4.73. The van der Waals surface area contributed by atoms with Crippen molar-refractivity contribution in [2.24, 2.45) is 5.92 Å². The van der Waals surface area contributed by atoms with Gasteiger partial charge < -0.3 is 15.3 Å². The van der Waals surface area contributed by atoms with Crippen molar-refractivity contribution in [2.75, 3.05) is 32.7 Å². The molecular formula is C12H26N2O. The molecule has 1 fully saturated rings. The molecule has 0 amide bonds. The Labute approximate surface area is 93.9 Å². The fourth-order valence-corrected chi connectivity index (χ4v) is 2.13. The van der Waals surface area contributed by atoms with Gasteiger partial charge in [-0.3, -0.25) is 0 Å². The Morgan fingerprint density at radius 3 is 2.60 bits per heavy atom. The van der Waals surface area contributed by atoms with E-state index in [1.807, 2.05) is 6.92 Å². The van der Waals surface area contributed by atoms with Crippen molar-refractivity contribution in [2.45, 2.75) is 39.2 Å². The number of hydrogen-bond donors (Lipinski definition) is 2. The van der Waals surface area contributed by atoms with Crippen LogP contribution in [0.25, 0.3) is 0 Å². The van der Waals surface area contributed by atoms with Crippen molar-refractivity contribution in [1.82, 2.24) is 10.2 Å². The predicted octanol–water partition coefficient (Wildman–Crippen LogP) is 1.08. The third kappa shape index (κ3) is 5.50. The van der Waals surface area contributed by atoms with Gasteiger partial charge in [-0.2, -0.15) is 0 Å². The van der Waals surface area contributed by atoms with Crippen molar-refractivity contribution in [3.05, 3.63) is 0 Å². The Balaban J connectivity index is 2.07. The van der Waals surface area contributed by atoms with Crippen molar-refractivity contribution < 1.29 is 5.11 Å². The summed E-state index contributed by atoms with van der Waals surface area (Å²) in [5.41, 5.74) is 0. The molecule has 1 heterocycles. The molecule has 0 bridgehead atoms. The highest BCUT2D eigenvalue weighted by Gasteiger charge is 2.18.